The molecule has 0 unspecified atom stereocenters. The molecule has 2 N–H and O–H groups in total. The molecule has 0 aliphatic rings. The van der Waals surface area contributed by atoms with E-state index in [1.807, 2.05) is 13.0 Å². The van der Waals surface area contributed by atoms with Gasteiger partial charge in [0.15, 0.2) is 0 Å². The Morgan fingerprint density at radius 3 is 2.56 bits per heavy atom. The Bertz CT molecular complexity index is 499. The maximum Gasteiger partial charge on any atom is 0.321 e. The average Bonchev–Trinajstić information content (AvgIpc) is 2.27. The van der Waals surface area contributed by atoms with Crippen molar-refractivity contribution in [2.24, 2.45) is 0 Å². The predicted molar refractivity (Wildman–Crippen MR) is 65.4 cm³/mol. The van der Waals surface area contributed by atoms with Crippen LogP contribution in [0.5, 0.6) is 11.8 Å². The minimum atomic E-state index is 0.312. The molecule has 0 fully saturated rings. The summed E-state index contributed by atoms with van der Waals surface area (Å²) in [4.78, 5) is 8.03. The van der Waals surface area contributed by atoms with E-state index in [4.69, 9.17) is 10.5 Å². The minimum absolute atomic E-state index is 0.312. The van der Waals surface area contributed by atoms with Crippen LogP contribution < -0.4 is 10.5 Å². The van der Waals surface area contributed by atoms with E-state index in [0.29, 0.717) is 11.8 Å². The highest BCUT2D eigenvalue weighted by Gasteiger charge is 2.01. The van der Waals surface area contributed by atoms with Crippen molar-refractivity contribution in [1.82, 2.24) is 9.97 Å². The zero-order valence-corrected chi connectivity index (χ0v) is 10.2. The van der Waals surface area contributed by atoms with Crippen LogP contribution in [0, 0.1) is 6.92 Å². The molecule has 5 heteroatoms. The van der Waals surface area contributed by atoms with Gasteiger partial charge < -0.3 is 10.5 Å². The van der Waals surface area contributed by atoms with Gasteiger partial charge in [-0.2, -0.15) is 0 Å². The Morgan fingerprint density at radius 2 is 1.94 bits per heavy atom. The second-order valence-corrected chi connectivity index (χ2v) is 4.22. The number of nitrogens with two attached hydrogens (primary N) is 1. The molecule has 0 bridgehead atoms. The lowest BCUT2D eigenvalue weighted by Gasteiger charge is -2.05. The second-order valence-electron chi connectivity index (χ2n) is 3.30. The van der Waals surface area contributed by atoms with Crippen LogP contribution in [0.25, 0.3) is 0 Å². The van der Waals surface area contributed by atoms with E-state index >= 15 is 0 Å². The molecule has 0 saturated heterocycles. The number of aromatic nitrogens is 2. The molecule has 16 heavy (non-hydrogen) atoms. The molecule has 82 valence electrons. The molecule has 0 aliphatic carbocycles. The third-order valence-electron chi connectivity index (χ3n) is 2.05. The van der Waals surface area contributed by atoms with Crippen molar-refractivity contribution in [3.05, 3.63) is 40.6 Å². The van der Waals surface area contributed by atoms with Gasteiger partial charge in [-0.05, 0) is 46.6 Å². The molecule has 2 rings (SSSR count). The molecule has 0 spiro atoms. The predicted octanol–water partition coefficient (Wildman–Crippen LogP) is 2.92. The molecular weight excluding hydrogens is 270 g/mol. The van der Waals surface area contributed by atoms with Crippen molar-refractivity contribution in [3.8, 4) is 11.8 Å². The monoisotopic (exact) mass is 279 g/mol. The molecular formula is C11H10BrN3O. The van der Waals surface area contributed by atoms with Crippen LogP contribution in [0.4, 0.5) is 5.69 Å². The molecule has 0 aliphatic heterocycles. The Balaban J connectivity index is 2.20. The number of benzene rings is 1. The normalized spacial score (nSPS) is 10.1. The Labute approximate surface area is 102 Å². The van der Waals surface area contributed by atoms with Gasteiger partial charge in [0.05, 0.1) is 4.47 Å². The second kappa shape index (κ2) is 4.49. The van der Waals surface area contributed by atoms with Crippen LogP contribution >= 0.6 is 15.9 Å². The number of hydrogen-bond donors (Lipinski definition) is 1. The maximum absolute atomic E-state index is 5.71. The highest BCUT2D eigenvalue weighted by atomic mass is 79.9. The first-order valence-corrected chi connectivity index (χ1v) is 5.46. The van der Waals surface area contributed by atoms with E-state index in [1.54, 1.807) is 24.5 Å². The quantitative estimate of drug-likeness (QED) is 0.859. The van der Waals surface area contributed by atoms with Gasteiger partial charge in [-0.3, -0.25) is 0 Å². The first kappa shape index (κ1) is 10.9. The smallest absolute Gasteiger partial charge is 0.321 e. The molecule has 1 aromatic carbocycles. The number of nitrogens with zero attached hydrogens (tertiary/aromatic N) is 2. The van der Waals surface area contributed by atoms with Gasteiger partial charge >= 0.3 is 6.01 Å². The van der Waals surface area contributed by atoms with Crippen LogP contribution in [0.3, 0.4) is 0 Å². The zero-order valence-electron chi connectivity index (χ0n) is 8.64. The molecule has 0 amide bonds. The van der Waals surface area contributed by atoms with E-state index in [1.165, 1.54) is 0 Å². The van der Waals surface area contributed by atoms with Gasteiger partial charge in [0, 0.05) is 18.1 Å². The number of nitrogen functional groups attached to an aromatic ring is 1. The van der Waals surface area contributed by atoms with Crippen LogP contribution in [-0.2, 0) is 0 Å². The van der Waals surface area contributed by atoms with Crippen LogP contribution in [0.2, 0.25) is 0 Å². The molecule has 2 aromatic rings. The summed E-state index contributed by atoms with van der Waals surface area (Å²) in [6.07, 6.45) is 3.26. The highest BCUT2D eigenvalue weighted by molar-refractivity contribution is 9.10. The minimum Gasteiger partial charge on any atom is -0.424 e. The number of ether oxygens (including phenoxy) is 1. The van der Waals surface area contributed by atoms with Gasteiger partial charge in [-0.25, -0.2) is 9.97 Å². The first-order valence-electron chi connectivity index (χ1n) is 4.66. The van der Waals surface area contributed by atoms with Crippen LogP contribution in [0.15, 0.2) is 35.1 Å². The number of hydrogen-bond acceptors (Lipinski definition) is 4. The van der Waals surface area contributed by atoms with Gasteiger partial charge in [-0.1, -0.05) is 0 Å². The summed E-state index contributed by atoms with van der Waals surface area (Å²) in [7, 11) is 0. The summed E-state index contributed by atoms with van der Waals surface area (Å²) in [6.45, 7) is 1.92. The lowest BCUT2D eigenvalue weighted by Crippen LogP contribution is -1.93. The van der Waals surface area contributed by atoms with Gasteiger partial charge in [0.2, 0.25) is 0 Å². The van der Waals surface area contributed by atoms with E-state index in [9.17, 15) is 0 Å². The summed E-state index contributed by atoms with van der Waals surface area (Å²) in [5.41, 5.74) is 7.42. The molecule has 1 heterocycles. The summed E-state index contributed by atoms with van der Waals surface area (Å²) < 4.78 is 6.28. The van der Waals surface area contributed by atoms with E-state index < -0.39 is 0 Å². The van der Waals surface area contributed by atoms with Gasteiger partial charge in [-0.15, -0.1) is 0 Å². The molecule has 0 saturated carbocycles. The fraction of sp³-hybridized carbons (Fsp3) is 0.0909. The largest absolute Gasteiger partial charge is 0.424 e. The molecule has 0 atom stereocenters. The SMILES string of the molecule is Cc1cc(Oc2ncc(Br)cn2)ccc1N. The fourth-order valence-electron chi connectivity index (χ4n) is 1.17. The number of halogens is 1. The number of aryl methyl sites for hydroxylation is 1. The van der Waals surface area contributed by atoms with Gasteiger partial charge in [0.1, 0.15) is 5.75 Å². The lowest BCUT2D eigenvalue weighted by molar-refractivity contribution is 0.441. The molecule has 1 aromatic heterocycles. The Morgan fingerprint density at radius 1 is 1.25 bits per heavy atom. The summed E-state index contributed by atoms with van der Waals surface area (Å²) in [5.74, 6) is 0.675. The number of rotatable bonds is 2. The molecule has 4 nitrogen and oxygen atoms in total. The maximum atomic E-state index is 5.71. The van der Waals surface area contributed by atoms with Gasteiger partial charge in [0.25, 0.3) is 0 Å². The van der Waals surface area contributed by atoms with E-state index in [0.717, 1.165) is 15.7 Å². The third kappa shape index (κ3) is 2.49. The van der Waals surface area contributed by atoms with Crippen molar-refractivity contribution in [3.63, 3.8) is 0 Å². The summed E-state index contributed by atoms with van der Waals surface area (Å²) in [6, 6.07) is 5.74. The van der Waals surface area contributed by atoms with Crippen molar-refractivity contribution >= 4 is 21.6 Å². The van der Waals surface area contributed by atoms with E-state index in [2.05, 4.69) is 25.9 Å². The Hall–Kier alpha value is -1.62. The standard InChI is InChI=1S/C11H10BrN3O/c1-7-4-9(2-3-10(7)13)16-11-14-5-8(12)6-15-11/h2-6H,13H2,1H3. The highest BCUT2D eigenvalue weighted by Crippen LogP contribution is 2.22. The lowest BCUT2D eigenvalue weighted by atomic mass is 10.2. The fourth-order valence-corrected chi connectivity index (χ4v) is 1.37. The van der Waals surface area contributed by atoms with Crippen molar-refractivity contribution < 1.29 is 4.74 Å². The van der Waals surface area contributed by atoms with Crippen molar-refractivity contribution in [1.29, 1.82) is 0 Å². The topological polar surface area (TPSA) is 61.0 Å². The summed E-state index contributed by atoms with van der Waals surface area (Å²) in [5, 5.41) is 0. The van der Waals surface area contributed by atoms with E-state index in [-0.39, 0.29) is 0 Å². The molecule has 0 radical (unpaired) electrons. The average molecular weight is 280 g/mol. The first-order chi connectivity index (χ1) is 7.65. The zero-order chi connectivity index (χ0) is 11.5. The van der Waals surface area contributed by atoms with Crippen molar-refractivity contribution in [2.45, 2.75) is 6.92 Å². The third-order valence-corrected chi connectivity index (χ3v) is 2.46. The Kier molecular flexibility index (Phi) is 3.05. The van der Waals surface area contributed by atoms with Crippen LogP contribution in [0.1, 0.15) is 5.56 Å². The van der Waals surface area contributed by atoms with Crippen LogP contribution in [-0.4, -0.2) is 9.97 Å². The van der Waals surface area contributed by atoms with Crippen molar-refractivity contribution in [2.75, 3.05) is 5.73 Å². The number of anilines is 1. The summed E-state index contributed by atoms with van der Waals surface area (Å²) >= 11 is 3.25.